The van der Waals surface area contributed by atoms with Crippen LogP contribution in [0.3, 0.4) is 0 Å². The number of phenolic OH excluding ortho intramolecular Hbond substituents is 1. The van der Waals surface area contributed by atoms with Gasteiger partial charge in [0.25, 0.3) is 10.0 Å². The van der Waals surface area contributed by atoms with E-state index in [1.807, 2.05) is 0 Å². The molecular formula is C10H10N2O4S2. The van der Waals surface area contributed by atoms with Crippen LogP contribution in [0.4, 0.5) is 5.69 Å². The number of anilines is 1. The van der Waals surface area contributed by atoms with Crippen LogP contribution in [0.5, 0.6) is 5.75 Å². The van der Waals surface area contributed by atoms with Crippen molar-refractivity contribution >= 4 is 27.0 Å². The van der Waals surface area contributed by atoms with E-state index in [2.05, 4.69) is 9.71 Å². The van der Waals surface area contributed by atoms with Crippen LogP contribution in [0.2, 0.25) is 0 Å². The first-order valence-corrected chi connectivity index (χ1v) is 7.20. The molecule has 0 aliphatic heterocycles. The Kier molecular flexibility index (Phi) is 3.14. The number of rotatable bonds is 3. The Morgan fingerprint density at radius 3 is 2.56 bits per heavy atom. The fraction of sp³-hybridized carbons (Fsp3) is 0.100. The lowest BCUT2D eigenvalue weighted by Gasteiger charge is -2.07. The predicted octanol–water partition coefficient (Wildman–Crippen LogP) is 1.25. The monoisotopic (exact) mass is 286 g/mol. The number of aryl methyl sites for hydroxylation is 1. The highest BCUT2D eigenvalue weighted by atomic mass is 32.2. The SMILES string of the molecule is Cc1[nH]c(=O)sc1S(=O)(=O)Nc1ccccc1O. The molecule has 0 amide bonds. The van der Waals surface area contributed by atoms with E-state index in [4.69, 9.17) is 0 Å². The van der Waals surface area contributed by atoms with Crippen LogP contribution in [0.25, 0.3) is 0 Å². The Morgan fingerprint density at radius 1 is 1.33 bits per heavy atom. The molecule has 1 aromatic carbocycles. The highest BCUT2D eigenvalue weighted by Crippen LogP contribution is 2.26. The molecule has 2 aromatic rings. The van der Waals surface area contributed by atoms with Gasteiger partial charge in [-0.05, 0) is 19.1 Å². The van der Waals surface area contributed by atoms with Gasteiger partial charge < -0.3 is 10.1 Å². The smallest absolute Gasteiger partial charge is 0.306 e. The van der Waals surface area contributed by atoms with E-state index in [0.29, 0.717) is 11.3 Å². The number of phenols is 1. The van der Waals surface area contributed by atoms with Gasteiger partial charge in [0.2, 0.25) is 0 Å². The predicted molar refractivity (Wildman–Crippen MR) is 68.6 cm³/mol. The third-order valence-electron chi connectivity index (χ3n) is 2.17. The van der Waals surface area contributed by atoms with E-state index < -0.39 is 14.9 Å². The number of aromatic nitrogens is 1. The number of sulfonamides is 1. The van der Waals surface area contributed by atoms with Crippen LogP contribution in [0.15, 0.2) is 33.3 Å². The second kappa shape index (κ2) is 4.46. The molecule has 0 saturated heterocycles. The molecule has 0 fully saturated rings. The summed E-state index contributed by atoms with van der Waals surface area (Å²) >= 11 is 0.603. The molecule has 8 heteroatoms. The van der Waals surface area contributed by atoms with Crippen molar-refractivity contribution in [2.24, 2.45) is 0 Å². The summed E-state index contributed by atoms with van der Waals surface area (Å²) in [5.74, 6) is -0.179. The van der Waals surface area contributed by atoms with Crippen molar-refractivity contribution in [3.05, 3.63) is 39.6 Å². The molecule has 6 nitrogen and oxygen atoms in total. The zero-order valence-electron chi connectivity index (χ0n) is 9.30. The number of thiazole rings is 1. The highest BCUT2D eigenvalue weighted by molar-refractivity contribution is 7.94. The number of nitrogens with one attached hydrogen (secondary N) is 2. The Hall–Kier alpha value is -1.80. The van der Waals surface area contributed by atoms with Gasteiger partial charge >= 0.3 is 4.87 Å². The van der Waals surface area contributed by atoms with Gasteiger partial charge in [-0.1, -0.05) is 23.5 Å². The van der Waals surface area contributed by atoms with Gasteiger partial charge in [-0.25, -0.2) is 8.42 Å². The third-order valence-corrected chi connectivity index (χ3v) is 5.14. The molecule has 0 unspecified atom stereocenters. The minimum atomic E-state index is -3.87. The second-order valence-corrected chi connectivity index (χ2v) is 6.41. The summed E-state index contributed by atoms with van der Waals surface area (Å²) in [5, 5.41) is 9.50. The van der Waals surface area contributed by atoms with E-state index in [-0.39, 0.29) is 21.3 Å². The largest absolute Gasteiger partial charge is 0.506 e. The minimum absolute atomic E-state index is 0.0674. The Balaban J connectivity index is 2.43. The van der Waals surface area contributed by atoms with Crippen LogP contribution in [-0.4, -0.2) is 18.5 Å². The zero-order valence-corrected chi connectivity index (χ0v) is 10.9. The maximum absolute atomic E-state index is 12.0. The summed E-state index contributed by atoms with van der Waals surface area (Å²) in [6.07, 6.45) is 0. The van der Waals surface area contributed by atoms with Crippen molar-refractivity contribution in [1.29, 1.82) is 0 Å². The summed E-state index contributed by atoms with van der Waals surface area (Å²) in [4.78, 5) is 13.1. The molecule has 0 spiro atoms. The number of aromatic amines is 1. The van der Waals surface area contributed by atoms with Gasteiger partial charge in [0.1, 0.15) is 5.75 Å². The molecule has 0 saturated carbocycles. The lowest BCUT2D eigenvalue weighted by Crippen LogP contribution is -2.12. The van der Waals surface area contributed by atoms with Crippen molar-refractivity contribution in [3.63, 3.8) is 0 Å². The fourth-order valence-electron chi connectivity index (χ4n) is 1.40. The molecule has 0 aliphatic carbocycles. The molecule has 1 heterocycles. The van der Waals surface area contributed by atoms with E-state index in [1.54, 1.807) is 12.1 Å². The lowest BCUT2D eigenvalue weighted by atomic mass is 10.3. The quantitative estimate of drug-likeness (QED) is 0.739. The van der Waals surface area contributed by atoms with Crippen molar-refractivity contribution in [1.82, 2.24) is 4.98 Å². The van der Waals surface area contributed by atoms with Crippen molar-refractivity contribution < 1.29 is 13.5 Å². The van der Waals surface area contributed by atoms with Gasteiger partial charge in [-0.15, -0.1) is 0 Å². The number of para-hydroxylation sites is 2. The Bertz CT molecular complexity index is 730. The summed E-state index contributed by atoms with van der Waals surface area (Å²) in [7, 11) is -3.87. The number of benzene rings is 1. The second-order valence-electron chi connectivity index (χ2n) is 3.55. The standard InChI is InChI=1S/C10H10N2O4S2/c1-6-9(17-10(14)11-6)18(15,16)12-7-4-2-3-5-8(7)13/h2-5,12-13H,1H3,(H,11,14). The van der Waals surface area contributed by atoms with Gasteiger partial charge in [0.05, 0.1) is 5.69 Å². The normalized spacial score (nSPS) is 11.4. The average molecular weight is 286 g/mol. The van der Waals surface area contributed by atoms with Gasteiger partial charge in [-0.3, -0.25) is 9.52 Å². The van der Waals surface area contributed by atoms with Crippen LogP contribution < -0.4 is 9.60 Å². The first-order chi connectivity index (χ1) is 8.40. The van der Waals surface area contributed by atoms with Gasteiger partial charge in [0.15, 0.2) is 4.21 Å². The molecule has 1 aromatic heterocycles. The van der Waals surface area contributed by atoms with Crippen LogP contribution >= 0.6 is 11.3 Å². The number of hydrogen-bond acceptors (Lipinski definition) is 5. The van der Waals surface area contributed by atoms with Crippen LogP contribution in [-0.2, 0) is 10.0 Å². The number of aromatic hydroxyl groups is 1. The highest BCUT2D eigenvalue weighted by Gasteiger charge is 2.21. The Morgan fingerprint density at radius 2 is 2.00 bits per heavy atom. The van der Waals surface area contributed by atoms with E-state index >= 15 is 0 Å². The first-order valence-electron chi connectivity index (χ1n) is 4.90. The molecule has 0 radical (unpaired) electrons. The fourth-order valence-corrected chi connectivity index (χ4v) is 3.77. The topological polar surface area (TPSA) is 99.3 Å². The van der Waals surface area contributed by atoms with Crippen LogP contribution in [0.1, 0.15) is 5.69 Å². The summed E-state index contributed by atoms with van der Waals surface area (Å²) < 4.78 is 26.2. The molecular weight excluding hydrogens is 276 g/mol. The molecule has 96 valence electrons. The molecule has 0 bridgehead atoms. The maximum Gasteiger partial charge on any atom is 0.306 e. The lowest BCUT2D eigenvalue weighted by molar-refractivity contribution is 0.477. The number of H-pyrrole nitrogens is 1. The van der Waals surface area contributed by atoms with Crippen LogP contribution in [0, 0.1) is 6.92 Å². The minimum Gasteiger partial charge on any atom is -0.506 e. The Labute approximate surface area is 107 Å². The number of hydrogen-bond donors (Lipinski definition) is 3. The summed E-state index contributed by atoms with van der Waals surface area (Å²) in [6, 6.07) is 5.96. The van der Waals surface area contributed by atoms with E-state index in [0.717, 1.165) is 0 Å². The molecule has 0 aliphatic rings. The van der Waals surface area contributed by atoms with Crippen molar-refractivity contribution in [2.45, 2.75) is 11.1 Å². The first kappa shape index (κ1) is 12.7. The zero-order chi connectivity index (χ0) is 13.3. The van der Waals surface area contributed by atoms with Gasteiger partial charge in [-0.2, -0.15) is 0 Å². The van der Waals surface area contributed by atoms with E-state index in [9.17, 15) is 18.3 Å². The van der Waals surface area contributed by atoms with E-state index in [1.165, 1.54) is 19.1 Å². The third kappa shape index (κ3) is 2.39. The maximum atomic E-state index is 12.0. The summed E-state index contributed by atoms with van der Waals surface area (Å²) in [5.41, 5.74) is 0.339. The average Bonchev–Trinajstić information content (AvgIpc) is 2.62. The summed E-state index contributed by atoms with van der Waals surface area (Å²) in [6.45, 7) is 1.50. The molecule has 3 N–H and O–H groups in total. The van der Waals surface area contributed by atoms with Gasteiger partial charge in [0, 0.05) is 5.69 Å². The molecule has 2 rings (SSSR count). The molecule has 18 heavy (non-hydrogen) atoms. The van der Waals surface area contributed by atoms with Crippen molar-refractivity contribution in [3.8, 4) is 5.75 Å². The molecule has 0 atom stereocenters. The van der Waals surface area contributed by atoms with Crippen molar-refractivity contribution in [2.75, 3.05) is 4.72 Å².